The number of likely N-dealkylation sites (tertiary alicyclic amines) is 1. The van der Waals surface area contributed by atoms with Gasteiger partial charge in [0.2, 0.25) is 5.78 Å². The van der Waals surface area contributed by atoms with Crippen LogP contribution in [0.5, 0.6) is 0 Å². The third-order valence-corrected chi connectivity index (χ3v) is 7.45. The summed E-state index contributed by atoms with van der Waals surface area (Å²) in [6.45, 7) is 9.63. The summed E-state index contributed by atoms with van der Waals surface area (Å²) in [6.07, 6.45) is 6.39. The van der Waals surface area contributed by atoms with Gasteiger partial charge in [-0.1, -0.05) is 31.2 Å². The lowest BCUT2D eigenvalue weighted by molar-refractivity contribution is -0.143. The van der Waals surface area contributed by atoms with Crippen molar-refractivity contribution in [3.05, 3.63) is 54.4 Å². The molecule has 0 spiro atoms. The summed E-state index contributed by atoms with van der Waals surface area (Å²) in [5.74, 6) is -0.121. The number of nitrogens with zero attached hydrogens (tertiary/aromatic N) is 5. The molecule has 178 valence electrons. The van der Waals surface area contributed by atoms with E-state index in [9.17, 15) is 9.59 Å². The van der Waals surface area contributed by atoms with E-state index in [-0.39, 0.29) is 5.91 Å². The normalized spacial score (nSPS) is 17.9. The number of hydrogen-bond acceptors (Lipinski definition) is 5. The first kappa shape index (κ1) is 22.6. The summed E-state index contributed by atoms with van der Waals surface area (Å²) in [5.41, 5.74) is 5.95. The number of carbonyl (C=O) groups excluding carboxylic acids is 2. The standard InChI is InChI=1S/C27H33N5O2/c1-3-29-12-9-23(10-13-29)21-4-6-22(7-5-21)24-18-26-25(8-11-28-32(26)19-24)30-14-16-31(17-15-30)27(34)20(2)33/h4-8,11,18-19,23H,3,9-10,12-17H2,1-2H3. The molecule has 2 saturated heterocycles. The van der Waals surface area contributed by atoms with Gasteiger partial charge in [0.1, 0.15) is 0 Å². The molecule has 0 saturated carbocycles. The maximum atomic E-state index is 12.0. The van der Waals surface area contributed by atoms with Crippen LogP contribution >= 0.6 is 0 Å². The molecule has 0 N–H and O–H groups in total. The summed E-state index contributed by atoms with van der Waals surface area (Å²) < 4.78 is 1.94. The molecular formula is C27H33N5O2. The Labute approximate surface area is 200 Å². The summed E-state index contributed by atoms with van der Waals surface area (Å²) in [7, 11) is 0. The first-order valence-corrected chi connectivity index (χ1v) is 12.4. The van der Waals surface area contributed by atoms with Crippen molar-refractivity contribution in [3.8, 4) is 11.1 Å². The van der Waals surface area contributed by atoms with Gasteiger partial charge >= 0.3 is 0 Å². The van der Waals surface area contributed by atoms with Gasteiger partial charge in [0.25, 0.3) is 5.91 Å². The highest BCUT2D eigenvalue weighted by molar-refractivity contribution is 6.35. The smallest absolute Gasteiger partial charge is 0.289 e. The zero-order valence-corrected chi connectivity index (χ0v) is 20.1. The Morgan fingerprint density at radius 3 is 2.29 bits per heavy atom. The number of Topliss-reactive ketones (excluding diaryl/α,β-unsaturated/α-hetero) is 1. The van der Waals surface area contributed by atoms with Gasteiger partial charge in [-0.05, 0) is 61.7 Å². The van der Waals surface area contributed by atoms with E-state index in [1.54, 1.807) is 4.90 Å². The fourth-order valence-electron chi connectivity index (χ4n) is 5.33. The van der Waals surface area contributed by atoms with Crippen LogP contribution in [0.2, 0.25) is 0 Å². The molecule has 1 amide bonds. The zero-order chi connectivity index (χ0) is 23.7. The molecule has 0 aliphatic carbocycles. The molecule has 2 aromatic heterocycles. The molecule has 0 bridgehead atoms. The molecule has 5 rings (SSSR count). The Morgan fingerprint density at radius 2 is 1.65 bits per heavy atom. The molecule has 4 heterocycles. The second-order valence-corrected chi connectivity index (χ2v) is 9.44. The van der Waals surface area contributed by atoms with E-state index >= 15 is 0 Å². The Morgan fingerprint density at radius 1 is 0.941 bits per heavy atom. The van der Waals surface area contributed by atoms with Crippen molar-refractivity contribution < 1.29 is 9.59 Å². The summed E-state index contributed by atoms with van der Waals surface area (Å²) >= 11 is 0. The zero-order valence-electron chi connectivity index (χ0n) is 20.1. The van der Waals surface area contributed by atoms with Crippen LogP contribution in [0.15, 0.2) is 48.8 Å². The largest absolute Gasteiger partial charge is 0.366 e. The fourth-order valence-corrected chi connectivity index (χ4v) is 5.33. The minimum absolute atomic E-state index is 0.385. The van der Waals surface area contributed by atoms with Crippen molar-refractivity contribution in [1.29, 1.82) is 0 Å². The molecule has 1 aromatic carbocycles. The highest BCUT2D eigenvalue weighted by Gasteiger charge is 2.25. The first-order valence-electron chi connectivity index (χ1n) is 12.4. The van der Waals surface area contributed by atoms with E-state index < -0.39 is 5.78 Å². The van der Waals surface area contributed by atoms with Crippen molar-refractivity contribution in [2.45, 2.75) is 32.6 Å². The molecule has 2 aliphatic rings. The minimum Gasteiger partial charge on any atom is -0.366 e. The van der Waals surface area contributed by atoms with E-state index in [1.165, 1.54) is 44.0 Å². The third kappa shape index (κ3) is 4.44. The van der Waals surface area contributed by atoms with Crippen molar-refractivity contribution in [2.75, 3.05) is 50.7 Å². The fraction of sp³-hybridized carbons (Fsp3) is 0.444. The Kier molecular flexibility index (Phi) is 6.37. The number of anilines is 1. The van der Waals surface area contributed by atoms with Crippen LogP contribution in [-0.2, 0) is 9.59 Å². The average molecular weight is 460 g/mol. The number of carbonyl (C=O) groups is 2. The van der Waals surface area contributed by atoms with Gasteiger partial charge in [-0.2, -0.15) is 5.10 Å². The van der Waals surface area contributed by atoms with Crippen LogP contribution in [0.25, 0.3) is 16.6 Å². The monoisotopic (exact) mass is 459 g/mol. The van der Waals surface area contributed by atoms with Crippen molar-refractivity contribution in [1.82, 2.24) is 19.4 Å². The highest BCUT2D eigenvalue weighted by atomic mass is 16.2. The van der Waals surface area contributed by atoms with Gasteiger partial charge in [-0.25, -0.2) is 4.52 Å². The average Bonchev–Trinajstić information content (AvgIpc) is 3.33. The molecular weight excluding hydrogens is 426 g/mol. The third-order valence-electron chi connectivity index (χ3n) is 7.45. The first-order chi connectivity index (χ1) is 16.5. The molecule has 2 fully saturated rings. The highest BCUT2D eigenvalue weighted by Crippen LogP contribution is 2.32. The van der Waals surface area contributed by atoms with Crippen LogP contribution in [0, 0.1) is 0 Å². The number of fused-ring (bicyclic) bond motifs is 1. The minimum atomic E-state index is -0.395. The van der Waals surface area contributed by atoms with E-state index in [0.717, 1.165) is 23.3 Å². The van der Waals surface area contributed by atoms with Crippen LogP contribution in [0.3, 0.4) is 0 Å². The predicted octanol–water partition coefficient (Wildman–Crippen LogP) is 3.44. The molecule has 0 atom stereocenters. The van der Waals surface area contributed by atoms with Gasteiger partial charge in [-0.3, -0.25) is 9.59 Å². The number of rotatable bonds is 5. The van der Waals surface area contributed by atoms with Crippen molar-refractivity contribution >= 4 is 22.9 Å². The number of piperidine rings is 1. The number of hydrogen-bond donors (Lipinski definition) is 0. The second-order valence-electron chi connectivity index (χ2n) is 9.44. The maximum Gasteiger partial charge on any atom is 0.289 e. The Bertz CT molecular complexity index is 1170. The van der Waals surface area contributed by atoms with Crippen LogP contribution < -0.4 is 4.90 Å². The molecule has 7 nitrogen and oxygen atoms in total. The van der Waals surface area contributed by atoms with E-state index in [4.69, 9.17) is 0 Å². The predicted molar refractivity (Wildman–Crippen MR) is 134 cm³/mol. The topological polar surface area (TPSA) is 61.2 Å². The van der Waals surface area contributed by atoms with Gasteiger partial charge in [0.05, 0.1) is 11.2 Å². The summed E-state index contributed by atoms with van der Waals surface area (Å²) in [4.78, 5) is 29.9. The number of amides is 1. The van der Waals surface area contributed by atoms with Crippen molar-refractivity contribution in [2.24, 2.45) is 0 Å². The van der Waals surface area contributed by atoms with Crippen LogP contribution in [-0.4, -0.2) is 76.9 Å². The molecule has 3 aromatic rings. The molecule has 0 radical (unpaired) electrons. The van der Waals surface area contributed by atoms with Gasteiger partial charge in [0, 0.05) is 51.1 Å². The van der Waals surface area contributed by atoms with Gasteiger partial charge in [-0.15, -0.1) is 0 Å². The van der Waals surface area contributed by atoms with E-state index in [1.807, 2.05) is 16.8 Å². The Hall–Kier alpha value is -3.19. The molecule has 34 heavy (non-hydrogen) atoms. The van der Waals surface area contributed by atoms with E-state index in [2.05, 4.69) is 58.4 Å². The second kappa shape index (κ2) is 9.58. The number of piperazine rings is 1. The van der Waals surface area contributed by atoms with E-state index in [0.29, 0.717) is 32.1 Å². The Balaban J connectivity index is 1.32. The number of ketones is 1. The lowest BCUT2D eigenvalue weighted by Crippen LogP contribution is -2.50. The quantitative estimate of drug-likeness (QED) is 0.547. The number of benzene rings is 1. The van der Waals surface area contributed by atoms with Gasteiger partial charge in [0.15, 0.2) is 0 Å². The molecule has 7 heteroatoms. The summed E-state index contributed by atoms with van der Waals surface area (Å²) in [5, 5.41) is 4.53. The molecule has 2 aliphatic heterocycles. The maximum absolute atomic E-state index is 12.0. The van der Waals surface area contributed by atoms with Gasteiger partial charge < -0.3 is 14.7 Å². The lowest BCUT2D eigenvalue weighted by Gasteiger charge is -2.35. The SMILES string of the molecule is CCN1CCC(c2ccc(-c3cc4c(N5CCN(C(=O)C(C)=O)CC5)ccnn4c3)cc2)CC1. The summed E-state index contributed by atoms with van der Waals surface area (Å²) in [6, 6.07) is 13.3. The number of aromatic nitrogens is 2. The lowest BCUT2D eigenvalue weighted by atomic mass is 9.88. The van der Waals surface area contributed by atoms with Crippen LogP contribution in [0.1, 0.15) is 38.2 Å². The molecule has 0 unspecified atom stereocenters. The van der Waals surface area contributed by atoms with Crippen molar-refractivity contribution in [3.63, 3.8) is 0 Å². The van der Waals surface area contributed by atoms with Crippen LogP contribution in [0.4, 0.5) is 5.69 Å².